The molecule has 1 aromatic heterocycles. The van der Waals surface area contributed by atoms with Gasteiger partial charge in [-0.25, -0.2) is 0 Å². The second kappa shape index (κ2) is 22.6. The van der Waals surface area contributed by atoms with Crippen molar-refractivity contribution >= 4 is 35.3 Å². The summed E-state index contributed by atoms with van der Waals surface area (Å²) in [7, 11) is 0. The maximum Gasteiger partial charge on any atom is 0.251 e. The van der Waals surface area contributed by atoms with Crippen LogP contribution in [0.5, 0.6) is 0 Å². The van der Waals surface area contributed by atoms with Gasteiger partial charge in [-0.1, -0.05) is 23.3 Å². The molecule has 0 saturated heterocycles. The Balaban J connectivity index is 1.13. The van der Waals surface area contributed by atoms with Crippen molar-refractivity contribution < 1.29 is 28.5 Å². The molecule has 1 aliphatic carbocycles. The van der Waals surface area contributed by atoms with Crippen LogP contribution in [0.2, 0.25) is 0 Å². The molecule has 3 aromatic rings. The van der Waals surface area contributed by atoms with Gasteiger partial charge in [-0.3, -0.25) is 9.59 Å². The van der Waals surface area contributed by atoms with Gasteiger partial charge in [0.05, 0.1) is 52.9 Å². The Kier molecular flexibility index (Phi) is 17.0. The summed E-state index contributed by atoms with van der Waals surface area (Å²) in [6.45, 7) is 4.59. The minimum atomic E-state index is -0.217. The smallest absolute Gasteiger partial charge is 0.251 e. The SMILES string of the molecule is [N-]=[N+]=NCCOCCOCCNC(=O)c1ccc(Nc2nc(NCCOCCOCCNC(=O)c3ccccc3)nc(NC3CCC3)n2)cc1. The molecule has 1 aliphatic rings. The summed E-state index contributed by atoms with van der Waals surface area (Å²) < 4.78 is 21.9. The van der Waals surface area contributed by atoms with Gasteiger partial charge in [-0.2, -0.15) is 15.0 Å². The molecule has 2 amide bonds. The number of amides is 2. The zero-order valence-corrected chi connectivity index (χ0v) is 28.0. The number of ether oxygens (including phenoxy) is 4. The zero-order valence-electron chi connectivity index (χ0n) is 28.0. The average molecular weight is 692 g/mol. The summed E-state index contributed by atoms with van der Waals surface area (Å²) in [6, 6.07) is 16.4. The minimum absolute atomic E-state index is 0.128. The molecule has 17 heteroatoms. The Morgan fingerprint density at radius 1 is 0.700 bits per heavy atom. The van der Waals surface area contributed by atoms with Gasteiger partial charge in [0, 0.05) is 53.9 Å². The normalized spacial score (nSPS) is 12.3. The molecule has 0 radical (unpaired) electrons. The van der Waals surface area contributed by atoms with Crippen LogP contribution in [-0.2, 0) is 18.9 Å². The fraction of sp³-hybridized carbons (Fsp3) is 0.485. The molecule has 0 aliphatic heterocycles. The highest BCUT2D eigenvalue weighted by Crippen LogP contribution is 2.23. The molecule has 0 bridgehead atoms. The molecule has 1 saturated carbocycles. The van der Waals surface area contributed by atoms with Gasteiger partial charge in [0.15, 0.2) is 0 Å². The van der Waals surface area contributed by atoms with Crippen molar-refractivity contribution in [3.05, 3.63) is 76.2 Å². The van der Waals surface area contributed by atoms with E-state index in [1.54, 1.807) is 36.4 Å². The van der Waals surface area contributed by atoms with E-state index in [0.717, 1.165) is 12.8 Å². The van der Waals surface area contributed by atoms with Gasteiger partial charge in [0.2, 0.25) is 17.8 Å². The van der Waals surface area contributed by atoms with E-state index in [-0.39, 0.29) is 18.4 Å². The van der Waals surface area contributed by atoms with E-state index >= 15 is 0 Å². The predicted octanol–water partition coefficient (Wildman–Crippen LogP) is 3.53. The van der Waals surface area contributed by atoms with E-state index in [0.29, 0.717) is 113 Å². The number of aromatic nitrogens is 3. The van der Waals surface area contributed by atoms with E-state index in [1.807, 2.05) is 18.2 Å². The monoisotopic (exact) mass is 691 g/mol. The first-order valence-corrected chi connectivity index (χ1v) is 16.7. The van der Waals surface area contributed by atoms with Crippen LogP contribution >= 0.6 is 0 Å². The molecule has 0 unspecified atom stereocenters. The Hall–Kier alpha value is -5.06. The first-order chi connectivity index (χ1) is 24.6. The van der Waals surface area contributed by atoms with Gasteiger partial charge in [-0.15, -0.1) is 0 Å². The summed E-state index contributed by atoms with van der Waals surface area (Å²) in [5.74, 6) is 0.883. The number of hydrogen-bond donors (Lipinski definition) is 5. The van der Waals surface area contributed by atoms with E-state index in [2.05, 4.69) is 51.6 Å². The summed E-state index contributed by atoms with van der Waals surface area (Å²) in [4.78, 5) is 40.8. The first-order valence-electron chi connectivity index (χ1n) is 16.7. The van der Waals surface area contributed by atoms with Crippen LogP contribution in [0, 0.1) is 0 Å². The number of benzene rings is 2. The fourth-order valence-electron chi connectivity index (χ4n) is 4.44. The van der Waals surface area contributed by atoms with Crippen molar-refractivity contribution in [1.29, 1.82) is 0 Å². The van der Waals surface area contributed by atoms with Gasteiger partial charge in [0.25, 0.3) is 11.8 Å². The summed E-state index contributed by atoms with van der Waals surface area (Å²) in [5, 5.41) is 18.8. The Bertz CT molecular complexity index is 1490. The maximum atomic E-state index is 12.5. The van der Waals surface area contributed by atoms with E-state index in [1.165, 1.54) is 6.42 Å². The van der Waals surface area contributed by atoms with Gasteiger partial charge >= 0.3 is 0 Å². The second-order valence-electron chi connectivity index (χ2n) is 11.0. The Morgan fingerprint density at radius 3 is 1.86 bits per heavy atom. The largest absolute Gasteiger partial charge is 0.379 e. The minimum Gasteiger partial charge on any atom is -0.379 e. The van der Waals surface area contributed by atoms with Crippen LogP contribution in [0.25, 0.3) is 10.4 Å². The highest BCUT2D eigenvalue weighted by atomic mass is 16.5. The molecular formula is C33H45N11O6. The van der Waals surface area contributed by atoms with Gasteiger partial charge in [0.1, 0.15) is 0 Å². The average Bonchev–Trinajstić information content (AvgIpc) is 3.12. The fourth-order valence-corrected chi connectivity index (χ4v) is 4.44. The van der Waals surface area contributed by atoms with Crippen molar-refractivity contribution in [2.75, 3.05) is 95.0 Å². The number of anilines is 4. The molecule has 2 aromatic carbocycles. The van der Waals surface area contributed by atoms with Crippen LogP contribution in [-0.4, -0.2) is 112 Å². The van der Waals surface area contributed by atoms with Crippen molar-refractivity contribution in [2.45, 2.75) is 25.3 Å². The molecular weight excluding hydrogens is 646 g/mol. The number of hydrogen-bond acceptors (Lipinski definition) is 13. The zero-order chi connectivity index (χ0) is 35.1. The quantitative estimate of drug-likeness (QED) is 0.0373. The second-order valence-corrected chi connectivity index (χ2v) is 11.0. The number of nitrogens with zero attached hydrogens (tertiary/aromatic N) is 6. The van der Waals surface area contributed by atoms with Gasteiger partial charge < -0.3 is 45.5 Å². The van der Waals surface area contributed by atoms with Crippen LogP contribution < -0.4 is 26.6 Å². The molecule has 17 nitrogen and oxygen atoms in total. The summed E-state index contributed by atoms with van der Waals surface area (Å²) in [5.41, 5.74) is 10.0. The third-order valence-corrected chi connectivity index (χ3v) is 7.25. The summed E-state index contributed by atoms with van der Waals surface area (Å²) in [6.07, 6.45) is 3.30. The number of azide groups is 1. The van der Waals surface area contributed by atoms with E-state index < -0.39 is 0 Å². The first kappa shape index (κ1) is 37.8. The lowest BCUT2D eigenvalue weighted by molar-refractivity contribution is 0.0511. The highest BCUT2D eigenvalue weighted by molar-refractivity contribution is 5.94. The predicted molar refractivity (Wildman–Crippen MR) is 188 cm³/mol. The molecule has 1 fully saturated rings. The molecule has 268 valence electrons. The molecule has 0 spiro atoms. The van der Waals surface area contributed by atoms with Crippen molar-refractivity contribution in [3.63, 3.8) is 0 Å². The lowest BCUT2D eigenvalue weighted by atomic mass is 9.93. The van der Waals surface area contributed by atoms with Gasteiger partial charge in [-0.05, 0) is 61.2 Å². The molecule has 5 N–H and O–H groups in total. The van der Waals surface area contributed by atoms with Crippen LogP contribution in [0.1, 0.15) is 40.0 Å². The Morgan fingerprint density at radius 2 is 1.26 bits per heavy atom. The van der Waals surface area contributed by atoms with Crippen LogP contribution in [0.3, 0.4) is 0 Å². The number of carbonyl (C=O) groups excluding carboxylic acids is 2. The Labute approximate surface area is 290 Å². The van der Waals surface area contributed by atoms with Crippen LogP contribution in [0.15, 0.2) is 59.7 Å². The topological polar surface area (TPSA) is 219 Å². The van der Waals surface area contributed by atoms with Crippen LogP contribution in [0.4, 0.5) is 23.5 Å². The standard InChI is InChI=1S/C33H45N11O6/c34-44-38-16-20-50-24-23-48-18-14-36-30(46)26-9-11-28(12-10-26)40-33-42-31(41-32(43-33)39-27-7-4-8-27)37-15-19-49-22-21-47-17-13-35-29(45)25-5-2-1-3-6-25/h1-3,5-6,9-12,27H,4,7-8,13-24H2,(H,35,45)(H,36,46)(H3,37,39,40,41,42,43). The molecule has 1 heterocycles. The van der Waals surface area contributed by atoms with E-state index in [4.69, 9.17) is 24.5 Å². The number of rotatable bonds is 25. The summed E-state index contributed by atoms with van der Waals surface area (Å²) >= 11 is 0. The maximum absolute atomic E-state index is 12.5. The van der Waals surface area contributed by atoms with Crippen molar-refractivity contribution in [2.24, 2.45) is 5.11 Å². The van der Waals surface area contributed by atoms with Crippen molar-refractivity contribution in [1.82, 2.24) is 25.6 Å². The molecule has 4 rings (SSSR count). The lowest BCUT2D eigenvalue weighted by Crippen LogP contribution is -2.28. The number of carbonyl (C=O) groups is 2. The van der Waals surface area contributed by atoms with Crippen molar-refractivity contribution in [3.8, 4) is 0 Å². The highest BCUT2D eigenvalue weighted by Gasteiger charge is 2.19. The lowest BCUT2D eigenvalue weighted by Gasteiger charge is -2.26. The molecule has 0 atom stereocenters. The third-order valence-electron chi connectivity index (χ3n) is 7.25. The third kappa shape index (κ3) is 14.6. The number of nitrogens with one attached hydrogen (secondary N) is 5. The molecule has 50 heavy (non-hydrogen) atoms. The van der Waals surface area contributed by atoms with E-state index in [9.17, 15) is 9.59 Å².